The Bertz CT molecular complexity index is 411. The molecule has 1 atom stereocenters. The van der Waals surface area contributed by atoms with Crippen molar-refractivity contribution < 1.29 is 9.53 Å². The molecule has 1 saturated heterocycles. The van der Waals surface area contributed by atoms with E-state index in [4.69, 9.17) is 4.74 Å². The van der Waals surface area contributed by atoms with Crippen LogP contribution in [0.2, 0.25) is 0 Å². The summed E-state index contributed by atoms with van der Waals surface area (Å²) in [5.41, 5.74) is 0. The fourth-order valence-corrected chi connectivity index (χ4v) is 3.33. The average Bonchev–Trinajstić information content (AvgIpc) is 3.17. The van der Waals surface area contributed by atoms with Crippen LogP contribution in [0, 0.1) is 5.92 Å². The molecule has 2 fully saturated rings. The lowest BCUT2D eigenvalue weighted by Gasteiger charge is -2.34. The number of amides is 1. The van der Waals surface area contributed by atoms with Crippen LogP contribution in [0.15, 0.2) is 17.5 Å². The lowest BCUT2D eigenvalue weighted by molar-refractivity contribution is -0.122. The molecule has 3 rings (SSSR count). The molecule has 1 aromatic rings. The second-order valence-corrected chi connectivity index (χ2v) is 6.18. The lowest BCUT2D eigenvalue weighted by Crippen LogP contribution is -2.43. The zero-order valence-electron chi connectivity index (χ0n) is 11.0. The van der Waals surface area contributed by atoms with Gasteiger partial charge in [-0.3, -0.25) is 9.69 Å². The van der Waals surface area contributed by atoms with Crippen LogP contribution in [-0.2, 0) is 9.53 Å². The summed E-state index contributed by atoms with van der Waals surface area (Å²) < 4.78 is 5.42. The number of carbonyl (C=O) groups is 1. The van der Waals surface area contributed by atoms with Crippen LogP contribution >= 0.6 is 11.3 Å². The van der Waals surface area contributed by atoms with E-state index in [1.54, 1.807) is 11.3 Å². The molecule has 1 aliphatic heterocycles. The molecule has 2 aliphatic rings. The van der Waals surface area contributed by atoms with Gasteiger partial charge in [-0.1, -0.05) is 6.07 Å². The van der Waals surface area contributed by atoms with Crippen LogP contribution in [-0.4, -0.2) is 43.7 Å². The highest BCUT2D eigenvalue weighted by Crippen LogP contribution is 2.30. The molecule has 1 unspecified atom stereocenters. The van der Waals surface area contributed by atoms with Crippen molar-refractivity contribution >= 4 is 17.2 Å². The number of hydrogen-bond donors (Lipinski definition) is 1. The van der Waals surface area contributed by atoms with Crippen LogP contribution in [0.5, 0.6) is 0 Å². The molecule has 0 bridgehead atoms. The van der Waals surface area contributed by atoms with Crippen molar-refractivity contribution in [1.82, 2.24) is 10.2 Å². The molecule has 0 aromatic carbocycles. The summed E-state index contributed by atoms with van der Waals surface area (Å²) in [6, 6.07) is 4.54. The zero-order chi connectivity index (χ0) is 13.1. The molecule has 5 heteroatoms. The topological polar surface area (TPSA) is 41.6 Å². The Morgan fingerprint density at radius 2 is 2.26 bits per heavy atom. The number of nitrogens with one attached hydrogen (secondary N) is 1. The predicted molar refractivity (Wildman–Crippen MR) is 75.2 cm³/mol. The van der Waals surface area contributed by atoms with Gasteiger partial charge in [-0.15, -0.1) is 11.3 Å². The average molecular weight is 280 g/mol. The van der Waals surface area contributed by atoms with E-state index in [0.29, 0.717) is 6.04 Å². The minimum absolute atomic E-state index is 0.231. The van der Waals surface area contributed by atoms with E-state index in [1.807, 2.05) is 0 Å². The van der Waals surface area contributed by atoms with Crippen LogP contribution in [0.3, 0.4) is 0 Å². The largest absolute Gasteiger partial charge is 0.379 e. The van der Waals surface area contributed by atoms with Crippen molar-refractivity contribution in [2.24, 2.45) is 5.92 Å². The van der Waals surface area contributed by atoms with E-state index < -0.39 is 0 Å². The first kappa shape index (κ1) is 13.1. The van der Waals surface area contributed by atoms with Crippen LogP contribution < -0.4 is 5.32 Å². The van der Waals surface area contributed by atoms with Crippen LogP contribution in [0.1, 0.15) is 23.8 Å². The summed E-state index contributed by atoms with van der Waals surface area (Å²) in [6.07, 6.45) is 2.13. The summed E-state index contributed by atoms with van der Waals surface area (Å²) in [7, 11) is 0. The molecule has 1 N–H and O–H groups in total. The number of nitrogens with zero attached hydrogens (tertiary/aromatic N) is 1. The molecule has 104 valence electrons. The fourth-order valence-electron chi connectivity index (χ4n) is 2.47. The highest BCUT2D eigenvalue weighted by Gasteiger charge is 2.31. The monoisotopic (exact) mass is 280 g/mol. The second kappa shape index (κ2) is 6.03. The van der Waals surface area contributed by atoms with E-state index in [0.717, 1.165) is 45.7 Å². The third-order valence-electron chi connectivity index (χ3n) is 3.78. The number of morpholine rings is 1. The number of ether oxygens (including phenoxy) is 1. The Kier molecular flexibility index (Phi) is 4.15. The second-order valence-electron chi connectivity index (χ2n) is 5.20. The minimum Gasteiger partial charge on any atom is -0.379 e. The van der Waals surface area contributed by atoms with E-state index in [-0.39, 0.29) is 11.8 Å². The fraction of sp³-hybridized carbons (Fsp3) is 0.643. The summed E-state index contributed by atoms with van der Waals surface area (Å²) in [6.45, 7) is 4.19. The third-order valence-corrected chi connectivity index (χ3v) is 4.75. The molecular formula is C14H20N2O2S. The van der Waals surface area contributed by atoms with Crippen LogP contribution in [0.4, 0.5) is 0 Å². The van der Waals surface area contributed by atoms with E-state index in [9.17, 15) is 4.79 Å². The van der Waals surface area contributed by atoms with E-state index >= 15 is 0 Å². The van der Waals surface area contributed by atoms with E-state index in [2.05, 4.69) is 27.7 Å². The van der Waals surface area contributed by atoms with Gasteiger partial charge in [0, 0.05) is 30.4 Å². The van der Waals surface area contributed by atoms with Gasteiger partial charge in [0.1, 0.15) is 0 Å². The van der Waals surface area contributed by atoms with Crippen molar-refractivity contribution in [3.05, 3.63) is 22.4 Å². The summed E-state index contributed by atoms with van der Waals surface area (Å²) in [5, 5.41) is 5.22. The van der Waals surface area contributed by atoms with Gasteiger partial charge in [-0.05, 0) is 24.3 Å². The molecule has 19 heavy (non-hydrogen) atoms. The summed E-state index contributed by atoms with van der Waals surface area (Å²) >= 11 is 1.77. The van der Waals surface area contributed by atoms with Gasteiger partial charge in [-0.25, -0.2) is 0 Å². The van der Waals surface area contributed by atoms with Gasteiger partial charge in [-0.2, -0.15) is 0 Å². The van der Waals surface area contributed by atoms with Crippen molar-refractivity contribution in [2.75, 3.05) is 32.8 Å². The standard InChI is InChI=1S/C14H20N2O2S/c17-14(11-3-4-11)15-10-12(13-2-1-9-19-13)16-5-7-18-8-6-16/h1-2,9,11-12H,3-8,10H2,(H,15,17). The number of carbonyl (C=O) groups excluding carboxylic acids is 1. The van der Waals surface area contributed by atoms with Crippen molar-refractivity contribution in [3.8, 4) is 0 Å². The van der Waals surface area contributed by atoms with Gasteiger partial charge in [0.2, 0.25) is 5.91 Å². The normalized spacial score (nSPS) is 22.1. The van der Waals surface area contributed by atoms with E-state index in [1.165, 1.54) is 4.88 Å². The van der Waals surface area contributed by atoms with Gasteiger partial charge in [0.05, 0.1) is 19.3 Å². The first-order chi connectivity index (χ1) is 9.34. The number of rotatable bonds is 5. The molecule has 1 aliphatic carbocycles. The molecular weight excluding hydrogens is 260 g/mol. The van der Waals surface area contributed by atoms with Crippen molar-refractivity contribution in [3.63, 3.8) is 0 Å². The lowest BCUT2D eigenvalue weighted by atomic mass is 10.2. The first-order valence-electron chi connectivity index (χ1n) is 6.97. The Morgan fingerprint density at radius 3 is 2.89 bits per heavy atom. The van der Waals surface area contributed by atoms with Gasteiger partial charge < -0.3 is 10.1 Å². The summed E-state index contributed by atoms with van der Waals surface area (Å²) in [4.78, 5) is 15.6. The molecule has 1 amide bonds. The molecule has 1 aromatic heterocycles. The minimum atomic E-state index is 0.231. The van der Waals surface area contributed by atoms with Crippen LogP contribution in [0.25, 0.3) is 0 Å². The zero-order valence-corrected chi connectivity index (χ0v) is 11.8. The van der Waals surface area contributed by atoms with Gasteiger partial charge in [0.15, 0.2) is 0 Å². The maximum Gasteiger partial charge on any atom is 0.223 e. The predicted octanol–water partition coefficient (Wildman–Crippen LogP) is 1.65. The molecule has 0 radical (unpaired) electrons. The number of thiophene rings is 1. The van der Waals surface area contributed by atoms with Crippen molar-refractivity contribution in [1.29, 1.82) is 0 Å². The number of hydrogen-bond acceptors (Lipinski definition) is 4. The summed E-state index contributed by atoms with van der Waals surface area (Å²) in [5.74, 6) is 0.517. The van der Waals surface area contributed by atoms with Crippen molar-refractivity contribution in [2.45, 2.75) is 18.9 Å². The maximum atomic E-state index is 11.8. The Balaban J connectivity index is 1.63. The molecule has 1 saturated carbocycles. The van der Waals surface area contributed by atoms with Gasteiger partial charge >= 0.3 is 0 Å². The quantitative estimate of drug-likeness (QED) is 0.891. The molecule has 2 heterocycles. The smallest absolute Gasteiger partial charge is 0.223 e. The molecule has 4 nitrogen and oxygen atoms in total. The Labute approximate surface area is 117 Å². The SMILES string of the molecule is O=C(NCC(c1cccs1)N1CCOCC1)C1CC1. The first-order valence-corrected chi connectivity index (χ1v) is 7.85. The van der Waals surface area contributed by atoms with Gasteiger partial charge in [0.25, 0.3) is 0 Å². The maximum absolute atomic E-state index is 11.8. The highest BCUT2D eigenvalue weighted by molar-refractivity contribution is 7.10. The Hall–Kier alpha value is -0.910. The third kappa shape index (κ3) is 3.35. The highest BCUT2D eigenvalue weighted by atomic mass is 32.1. The Morgan fingerprint density at radius 1 is 1.47 bits per heavy atom. The molecule has 0 spiro atoms.